The Hall–Kier alpha value is -2.18. The van der Waals surface area contributed by atoms with E-state index in [1.165, 1.54) is 0 Å². The van der Waals surface area contributed by atoms with E-state index < -0.39 is 0 Å². The van der Waals surface area contributed by atoms with Crippen LogP contribution < -0.4 is 16.0 Å². The Labute approximate surface area is 117 Å². The minimum absolute atomic E-state index is 0.129. The summed E-state index contributed by atoms with van der Waals surface area (Å²) in [6.07, 6.45) is 2.01. The molecule has 108 valence electrons. The SMILES string of the molecule is CCNC(=O)c1ccc(NCCNC(=O)C2CC2)nn1. The molecule has 7 nitrogen and oxygen atoms in total. The number of anilines is 1. The van der Waals surface area contributed by atoms with Gasteiger partial charge in [0.15, 0.2) is 5.69 Å². The van der Waals surface area contributed by atoms with Gasteiger partial charge in [0.2, 0.25) is 5.91 Å². The highest BCUT2D eigenvalue weighted by molar-refractivity contribution is 5.92. The average molecular weight is 277 g/mol. The molecule has 0 radical (unpaired) electrons. The van der Waals surface area contributed by atoms with Crippen molar-refractivity contribution in [2.24, 2.45) is 5.92 Å². The molecule has 0 spiro atoms. The highest BCUT2D eigenvalue weighted by Crippen LogP contribution is 2.28. The minimum atomic E-state index is -0.233. The second kappa shape index (κ2) is 6.83. The van der Waals surface area contributed by atoms with Crippen LogP contribution in [0.5, 0.6) is 0 Å². The van der Waals surface area contributed by atoms with Crippen molar-refractivity contribution >= 4 is 17.6 Å². The van der Waals surface area contributed by atoms with Crippen molar-refractivity contribution in [1.29, 1.82) is 0 Å². The molecule has 1 saturated carbocycles. The van der Waals surface area contributed by atoms with Crippen LogP contribution in [0, 0.1) is 5.92 Å². The molecule has 1 heterocycles. The molecule has 1 fully saturated rings. The highest BCUT2D eigenvalue weighted by Gasteiger charge is 2.28. The second-order valence-electron chi connectivity index (χ2n) is 4.66. The van der Waals surface area contributed by atoms with Crippen LogP contribution in [0.2, 0.25) is 0 Å². The Kier molecular flexibility index (Phi) is 4.86. The first-order chi connectivity index (χ1) is 9.70. The van der Waals surface area contributed by atoms with Gasteiger partial charge in [0.25, 0.3) is 5.91 Å². The lowest BCUT2D eigenvalue weighted by molar-refractivity contribution is -0.122. The van der Waals surface area contributed by atoms with Crippen LogP contribution in [-0.4, -0.2) is 41.6 Å². The summed E-state index contributed by atoms with van der Waals surface area (Å²) in [4.78, 5) is 22.9. The van der Waals surface area contributed by atoms with E-state index in [9.17, 15) is 9.59 Å². The van der Waals surface area contributed by atoms with E-state index >= 15 is 0 Å². The molecule has 0 aliphatic heterocycles. The van der Waals surface area contributed by atoms with Crippen molar-refractivity contribution in [2.45, 2.75) is 19.8 Å². The van der Waals surface area contributed by atoms with E-state index in [2.05, 4.69) is 26.1 Å². The van der Waals surface area contributed by atoms with E-state index in [1.54, 1.807) is 12.1 Å². The molecule has 1 aliphatic carbocycles. The van der Waals surface area contributed by atoms with Gasteiger partial charge in [-0.25, -0.2) is 0 Å². The third-order valence-corrected chi connectivity index (χ3v) is 2.91. The monoisotopic (exact) mass is 277 g/mol. The van der Waals surface area contributed by atoms with E-state index in [0.717, 1.165) is 12.8 Å². The Morgan fingerprint density at radius 3 is 2.60 bits per heavy atom. The molecule has 0 bridgehead atoms. The van der Waals surface area contributed by atoms with Gasteiger partial charge in [-0.2, -0.15) is 0 Å². The molecule has 2 amide bonds. The summed E-state index contributed by atoms with van der Waals surface area (Å²) in [7, 11) is 0. The summed E-state index contributed by atoms with van der Waals surface area (Å²) in [6, 6.07) is 3.31. The Morgan fingerprint density at radius 1 is 1.20 bits per heavy atom. The quantitative estimate of drug-likeness (QED) is 0.617. The van der Waals surface area contributed by atoms with Crippen LogP contribution in [0.4, 0.5) is 5.82 Å². The second-order valence-corrected chi connectivity index (χ2v) is 4.66. The van der Waals surface area contributed by atoms with Gasteiger partial charge in [-0.05, 0) is 31.9 Å². The Bertz CT molecular complexity index is 470. The first kappa shape index (κ1) is 14.2. The summed E-state index contributed by atoms with van der Waals surface area (Å²) < 4.78 is 0. The molecule has 7 heteroatoms. The largest absolute Gasteiger partial charge is 0.367 e. The van der Waals surface area contributed by atoms with Crippen molar-refractivity contribution in [2.75, 3.05) is 25.0 Å². The Balaban J connectivity index is 1.70. The van der Waals surface area contributed by atoms with Gasteiger partial charge in [0.05, 0.1) is 0 Å². The fraction of sp³-hybridized carbons (Fsp3) is 0.538. The smallest absolute Gasteiger partial charge is 0.271 e. The topological polar surface area (TPSA) is 96.0 Å². The number of amides is 2. The molecule has 0 unspecified atom stereocenters. The van der Waals surface area contributed by atoms with E-state index in [-0.39, 0.29) is 17.7 Å². The zero-order chi connectivity index (χ0) is 14.4. The number of nitrogens with one attached hydrogen (secondary N) is 3. The lowest BCUT2D eigenvalue weighted by Crippen LogP contribution is -2.30. The molecular weight excluding hydrogens is 258 g/mol. The highest BCUT2D eigenvalue weighted by atomic mass is 16.2. The van der Waals surface area contributed by atoms with Crippen molar-refractivity contribution in [3.63, 3.8) is 0 Å². The van der Waals surface area contributed by atoms with E-state index in [4.69, 9.17) is 0 Å². The Morgan fingerprint density at radius 2 is 2.00 bits per heavy atom. The summed E-state index contributed by atoms with van der Waals surface area (Å²) in [5.74, 6) is 0.706. The summed E-state index contributed by atoms with van der Waals surface area (Å²) in [5.41, 5.74) is 0.291. The van der Waals surface area contributed by atoms with Gasteiger partial charge in [0, 0.05) is 25.6 Å². The number of aromatic nitrogens is 2. The molecule has 0 aromatic carbocycles. The molecule has 0 saturated heterocycles. The lowest BCUT2D eigenvalue weighted by atomic mass is 10.3. The molecule has 0 atom stereocenters. The lowest BCUT2D eigenvalue weighted by Gasteiger charge is -2.07. The molecule has 1 aromatic rings. The zero-order valence-electron chi connectivity index (χ0n) is 11.5. The van der Waals surface area contributed by atoms with Crippen LogP contribution >= 0.6 is 0 Å². The molecule has 3 N–H and O–H groups in total. The molecule has 1 aromatic heterocycles. The fourth-order valence-electron chi connectivity index (χ4n) is 1.66. The summed E-state index contributed by atoms with van der Waals surface area (Å²) >= 11 is 0. The summed E-state index contributed by atoms with van der Waals surface area (Å²) in [5, 5.41) is 16.3. The standard InChI is InChI=1S/C13H19N5O2/c1-2-14-13(20)10-5-6-11(18-17-10)15-7-8-16-12(19)9-3-4-9/h5-6,9H,2-4,7-8H2,1H3,(H,14,20)(H,15,18)(H,16,19). The van der Waals surface area contributed by atoms with Gasteiger partial charge in [-0.1, -0.05) is 0 Å². The predicted octanol–water partition coefficient (Wildman–Crippen LogP) is 0.164. The first-order valence-electron chi connectivity index (χ1n) is 6.84. The third-order valence-electron chi connectivity index (χ3n) is 2.91. The van der Waals surface area contributed by atoms with Crippen LogP contribution in [0.1, 0.15) is 30.3 Å². The average Bonchev–Trinajstić information content (AvgIpc) is 3.29. The van der Waals surface area contributed by atoms with Crippen molar-refractivity contribution in [3.05, 3.63) is 17.8 Å². The predicted molar refractivity (Wildman–Crippen MR) is 74.3 cm³/mol. The fourth-order valence-corrected chi connectivity index (χ4v) is 1.66. The van der Waals surface area contributed by atoms with E-state index in [1.807, 2.05) is 6.92 Å². The van der Waals surface area contributed by atoms with Crippen LogP contribution in [0.3, 0.4) is 0 Å². The first-order valence-corrected chi connectivity index (χ1v) is 6.84. The van der Waals surface area contributed by atoms with E-state index in [0.29, 0.717) is 31.1 Å². The molecule has 2 rings (SSSR count). The maximum atomic E-state index is 11.5. The zero-order valence-corrected chi connectivity index (χ0v) is 11.5. The number of hydrogen-bond donors (Lipinski definition) is 3. The van der Waals surface area contributed by atoms with Crippen LogP contribution in [-0.2, 0) is 4.79 Å². The third kappa shape index (κ3) is 4.18. The maximum Gasteiger partial charge on any atom is 0.271 e. The number of rotatable bonds is 7. The van der Waals surface area contributed by atoms with Crippen LogP contribution in [0.25, 0.3) is 0 Å². The van der Waals surface area contributed by atoms with Gasteiger partial charge in [-0.3, -0.25) is 9.59 Å². The van der Waals surface area contributed by atoms with Gasteiger partial charge < -0.3 is 16.0 Å². The van der Waals surface area contributed by atoms with Gasteiger partial charge in [0.1, 0.15) is 5.82 Å². The molecular formula is C13H19N5O2. The number of carbonyl (C=O) groups is 2. The van der Waals surface area contributed by atoms with Crippen molar-refractivity contribution < 1.29 is 9.59 Å². The van der Waals surface area contributed by atoms with Gasteiger partial charge >= 0.3 is 0 Å². The normalized spacial score (nSPS) is 13.7. The number of hydrogen-bond acceptors (Lipinski definition) is 5. The van der Waals surface area contributed by atoms with Crippen molar-refractivity contribution in [1.82, 2.24) is 20.8 Å². The minimum Gasteiger partial charge on any atom is -0.367 e. The van der Waals surface area contributed by atoms with Crippen molar-refractivity contribution in [3.8, 4) is 0 Å². The molecule has 1 aliphatic rings. The van der Waals surface area contributed by atoms with Crippen LogP contribution in [0.15, 0.2) is 12.1 Å². The number of nitrogens with zero attached hydrogens (tertiary/aromatic N) is 2. The molecule has 20 heavy (non-hydrogen) atoms. The summed E-state index contributed by atoms with van der Waals surface area (Å²) in [6.45, 7) is 3.53. The van der Waals surface area contributed by atoms with Gasteiger partial charge in [-0.15, -0.1) is 10.2 Å². The number of carbonyl (C=O) groups excluding carboxylic acids is 2. The maximum absolute atomic E-state index is 11.5.